The number of ether oxygens (including phenoxy) is 1. The number of esters is 1. The summed E-state index contributed by atoms with van der Waals surface area (Å²) in [7, 11) is 0. The van der Waals surface area contributed by atoms with Crippen LogP contribution >= 0.6 is 11.6 Å². The molecular formula is C8H11ClO3. The lowest BCUT2D eigenvalue weighted by Crippen LogP contribution is -2.21. The number of carbonyl (C=O) groups excluding carboxylic acids is 1. The molecule has 0 aliphatic heterocycles. The first-order valence-electron chi connectivity index (χ1n) is 3.80. The van der Waals surface area contributed by atoms with Crippen LogP contribution in [0.3, 0.4) is 0 Å². The van der Waals surface area contributed by atoms with Gasteiger partial charge in [0.25, 0.3) is 0 Å². The first-order chi connectivity index (χ1) is 5.59. The number of alkyl halides is 1. The molecule has 0 aromatic carbocycles. The number of rotatable bonds is 2. The average Bonchev–Trinajstić information content (AvgIpc) is 2.35. The summed E-state index contributed by atoms with van der Waals surface area (Å²) >= 11 is 5.48. The number of hydrogen-bond acceptors (Lipinski definition) is 3. The highest BCUT2D eigenvalue weighted by Crippen LogP contribution is 2.15. The molecule has 0 bridgehead atoms. The molecular weight excluding hydrogens is 180 g/mol. The molecule has 3 atom stereocenters. The van der Waals surface area contributed by atoms with E-state index in [1.165, 1.54) is 0 Å². The predicted molar refractivity (Wildman–Crippen MR) is 45.0 cm³/mol. The summed E-state index contributed by atoms with van der Waals surface area (Å²) in [4.78, 5) is 10.9. The van der Waals surface area contributed by atoms with Crippen molar-refractivity contribution < 1.29 is 14.6 Å². The number of aliphatic hydroxyl groups is 1. The Kier molecular flexibility index (Phi) is 3.12. The Morgan fingerprint density at radius 3 is 2.83 bits per heavy atom. The largest absolute Gasteiger partial charge is 0.457 e. The van der Waals surface area contributed by atoms with Crippen molar-refractivity contribution in [2.45, 2.75) is 30.9 Å². The van der Waals surface area contributed by atoms with Crippen LogP contribution in [0.5, 0.6) is 0 Å². The molecule has 0 saturated carbocycles. The molecule has 0 heterocycles. The second-order valence-electron chi connectivity index (χ2n) is 2.78. The van der Waals surface area contributed by atoms with E-state index in [1.54, 1.807) is 19.1 Å². The van der Waals surface area contributed by atoms with Crippen molar-refractivity contribution in [2.24, 2.45) is 0 Å². The number of halogens is 1. The predicted octanol–water partition coefficient (Wildman–Crippen LogP) is 0.846. The van der Waals surface area contributed by atoms with E-state index in [0.717, 1.165) is 0 Å². The lowest BCUT2D eigenvalue weighted by Gasteiger charge is -2.11. The van der Waals surface area contributed by atoms with Gasteiger partial charge in [-0.25, -0.2) is 0 Å². The van der Waals surface area contributed by atoms with Gasteiger partial charge in [0, 0.05) is 6.42 Å². The Hall–Kier alpha value is -0.540. The van der Waals surface area contributed by atoms with Gasteiger partial charge in [-0.05, 0) is 13.0 Å². The molecule has 0 fully saturated rings. The molecule has 0 spiro atoms. The molecule has 3 nitrogen and oxygen atoms in total. The van der Waals surface area contributed by atoms with Crippen molar-refractivity contribution in [1.29, 1.82) is 0 Å². The third-order valence-electron chi connectivity index (χ3n) is 1.61. The van der Waals surface area contributed by atoms with Gasteiger partial charge in [-0.2, -0.15) is 0 Å². The van der Waals surface area contributed by atoms with E-state index in [2.05, 4.69) is 0 Å². The Balaban J connectivity index is 2.34. The maximum Gasteiger partial charge on any atom is 0.324 e. The molecule has 12 heavy (non-hydrogen) atoms. The third-order valence-corrected chi connectivity index (χ3v) is 1.79. The van der Waals surface area contributed by atoms with Crippen LogP contribution in [-0.4, -0.2) is 28.7 Å². The molecule has 1 aliphatic carbocycles. The highest BCUT2D eigenvalue weighted by molar-refractivity contribution is 6.29. The summed E-state index contributed by atoms with van der Waals surface area (Å²) in [5.74, 6) is -0.444. The smallest absolute Gasteiger partial charge is 0.324 e. The van der Waals surface area contributed by atoms with Gasteiger partial charge in [0.2, 0.25) is 0 Å². The summed E-state index contributed by atoms with van der Waals surface area (Å²) in [6.07, 6.45) is 2.91. The van der Waals surface area contributed by atoms with Crippen molar-refractivity contribution in [3.63, 3.8) is 0 Å². The lowest BCUT2D eigenvalue weighted by atomic mass is 10.3. The maximum absolute atomic E-state index is 10.9. The van der Waals surface area contributed by atoms with Crippen LogP contribution in [0.25, 0.3) is 0 Å². The van der Waals surface area contributed by atoms with E-state index >= 15 is 0 Å². The first kappa shape index (κ1) is 9.55. The summed E-state index contributed by atoms with van der Waals surface area (Å²) in [5.41, 5.74) is 0. The molecule has 1 aliphatic rings. The van der Waals surface area contributed by atoms with E-state index in [-0.39, 0.29) is 6.10 Å². The standard InChI is InChI=1S/C8H11ClO3/c1-5(9)8(11)12-7-3-2-6(10)4-7/h2-3,5-7,10H,4H2,1H3/t5-,6-,7+/m1/s1. The third kappa shape index (κ3) is 2.50. The number of hydrogen-bond donors (Lipinski definition) is 1. The Bertz CT molecular complexity index is 200. The molecule has 0 saturated heterocycles. The molecule has 4 heteroatoms. The first-order valence-corrected chi connectivity index (χ1v) is 4.24. The van der Waals surface area contributed by atoms with Gasteiger partial charge in [0.15, 0.2) is 0 Å². The zero-order valence-electron chi connectivity index (χ0n) is 6.74. The van der Waals surface area contributed by atoms with Crippen molar-refractivity contribution in [3.8, 4) is 0 Å². The van der Waals surface area contributed by atoms with Crippen LogP contribution in [0.2, 0.25) is 0 Å². The van der Waals surface area contributed by atoms with E-state index < -0.39 is 17.5 Å². The zero-order chi connectivity index (χ0) is 9.14. The second kappa shape index (κ2) is 3.92. The zero-order valence-corrected chi connectivity index (χ0v) is 7.49. The number of aliphatic hydroxyl groups excluding tert-OH is 1. The minimum Gasteiger partial charge on any atom is -0.457 e. The van der Waals surface area contributed by atoms with Crippen LogP contribution in [0.1, 0.15) is 13.3 Å². The number of carbonyl (C=O) groups is 1. The molecule has 0 radical (unpaired) electrons. The van der Waals surface area contributed by atoms with Gasteiger partial charge in [0.05, 0.1) is 6.10 Å². The molecule has 68 valence electrons. The van der Waals surface area contributed by atoms with Crippen LogP contribution in [0, 0.1) is 0 Å². The Morgan fingerprint density at radius 1 is 1.75 bits per heavy atom. The van der Waals surface area contributed by atoms with Crippen molar-refractivity contribution >= 4 is 17.6 Å². The minimum absolute atomic E-state index is 0.311. The lowest BCUT2D eigenvalue weighted by molar-refractivity contribution is -0.146. The highest BCUT2D eigenvalue weighted by atomic mass is 35.5. The Labute approximate surface area is 76.0 Å². The quantitative estimate of drug-likeness (QED) is 0.399. The van der Waals surface area contributed by atoms with Crippen LogP contribution in [0.15, 0.2) is 12.2 Å². The van der Waals surface area contributed by atoms with E-state index in [1.807, 2.05) is 0 Å². The molecule has 0 unspecified atom stereocenters. The van der Waals surface area contributed by atoms with Crippen LogP contribution in [0.4, 0.5) is 0 Å². The monoisotopic (exact) mass is 190 g/mol. The van der Waals surface area contributed by atoms with E-state index in [4.69, 9.17) is 21.4 Å². The Morgan fingerprint density at radius 2 is 2.42 bits per heavy atom. The van der Waals surface area contributed by atoms with E-state index in [9.17, 15) is 4.79 Å². The van der Waals surface area contributed by atoms with Gasteiger partial charge >= 0.3 is 5.97 Å². The van der Waals surface area contributed by atoms with Gasteiger partial charge in [-0.1, -0.05) is 6.08 Å². The second-order valence-corrected chi connectivity index (χ2v) is 3.43. The fraction of sp³-hybridized carbons (Fsp3) is 0.625. The molecule has 1 rings (SSSR count). The molecule has 0 aromatic rings. The van der Waals surface area contributed by atoms with Crippen LogP contribution < -0.4 is 0 Å². The van der Waals surface area contributed by atoms with Crippen LogP contribution in [-0.2, 0) is 9.53 Å². The fourth-order valence-electron chi connectivity index (χ4n) is 0.978. The SMILES string of the molecule is C[C@@H](Cl)C(=O)O[C@H]1C=C[C@@H](O)C1. The summed E-state index contributed by atoms with van der Waals surface area (Å²) in [6, 6.07) is 0. The maximum atomic E-state index is 10.9. The average molecular weight is 191 g/mol. The van der Waals surface area contributed by atoms with Gasteiger partial charge in [-0.3, -0.25) is 4.79 Å². The normalized spacial score (nSPS) is 30.2. The highest BCUT2D eigenvalue weighted by Gasteiger charge is 2.22. The molecule has 0 aromatic heterocycles. The van der Waals surface area contributed by atoms with Gasteiger partial charge < -0.3 is 9.84 Å². The van der Waals surface area contributed by atoms with Crippen molar-refractivity contribution in [3.05, 3.63) is 12.2 Å². The molecule has 1 N–H and O–H groups in total. The van der Waals surface area contributed by atoms with Crippen molar-refractivity contribution in [1.82, 2.24) is 0 Å². The van der Waals surface area contributed by atoms with Gasteiger partial charge in [0.1, 0.15) is 11.5 Å². The fourth-order valence-corrected chi connectivity index (χ4v) is 1.03. The molecule has 0 amide bonds. The summed E-state index contributed by atoms with van der Waals surface area (Å²) in [5, 5.41) is 8.41. The van der Waals surface area contributed by atoms with E-state index in [0.29, 0.717) is 6.42 Å². The topological polar surface area (TPSA) is 46.5 Å². The minimum atomic E-state index is -0.629. The van der Waals surface area contributed by atoms with Crippen molar-refractivity contribution in [2.75, 3.05) is 0 Å². The summed E-state index contributed by atoms with van der Waals surface area (Å²) < 4.78 is 4.93. The van der Waals surface area contributed by atoms with Gasteiger partial charge in [-0.15, -0.1) is 11.6 Å². The summed E-state index contributed by atoms with van der Waals surface area (Å²) in [6.45, 7) is 1.55.